The van der Waals surface area contributed by atoms with Gasteiger partial charge in [-0.15, -0.1) is 0 Å². The van der Waals surface area contributed by atoms with E-state index in [1.807, 2.05) is 26.8 Å². The number of carbonyl (C=O) groups excluding carboxylic acids is 1. The van der Waals surface area contributed by atoms with Crippen LogP contribution < -0.4 is 10.1 Å². The Bertz CT molecular complexity index is 524. The van der Waals surface area contributed by atoms with Crippen LogP contribution in [0, 0.1) is 6.92 Å². The molecule has 1 atom stereocenters. The number of nitrogens with one attached hydrogen (secondary N) is 1. The van der Waals surface area contributed by atoms with Crippen LogP contribution >= 0.6 is 0 Å². The van der Waals surface area contributed by atoms with Crippen LogP contribution in [0.1, 0.15) is 71.8 Å². The van der Waals surface area contributed by atoms with Crippen molar-refractivity contribution < 1.29 is 14.3 Å². The molecule has 0 bridgehead atoms. The molecule has 0 spiro atoms. The summed E-state index contributed by atoms with van der Waals surface area (Å²) < 4.78 is 11.5. The smallest absolute Gasteiger partial charge is 0.256 e. The number of anilines is 1. The van der Waals surface area contributed by atoms with Crippen molar-refractivity contribution >= 4 is 11.6 Å². The molecule has 0 aromatic carbocycles. The highest BCUT2D eigenvalue weighted by Crippen LogP contribution is 2.24. The van der Waals surface area contributed by atoms with Crippen LogP contribution in [-0.2, 0) is 9.53 Å². The fourth-order valence-electron chi connectivity index (χ4n) is 2.45. The lowest BCUT2D eigenvalue weighted by Gasteiger charge is -2.28. The number of hydrogen-bond donors (Lipinski definition) is 1. The molecular weight excluding hydrogens is 316 g/mol. The maximum absolute atomic E-state index is 12.8. The lowest BCUT2D eigenvalue weighted by molar-refractivity contribution is -0.140. The Hall–Kier alpha value is -1.62. The first kappa shape index (κ1) is 21.4. The van der Waals surface area contributed by atoms with Crippen LogP contribution in [0.3, 0.4) is 0 Å². The quantitative estimate of drug-likeness (QED) is 0.546. The van der Waals surface area contributed by atoms with E-state index in [1.165, 1.54) is 0 Å². The SMILES string of the molecule is CCCCOc1ncc(NC(=O)[C@](C)(CCCC)OCCC)cc1C. The second kappa shape index (κ2) is 11.1. The van der Waals surface area contributed by atoms with Gasteiger partial charge >= 0.3 is 0 Å². The molecule has 0 aliphatic heterocycles. The third kappa shape index (κ3) is 7.02. The minimum Gasteiger partial charge on any atom is -0.477 e. The van der Waals surface area contributed by atoms with Gasteiger partial charge in [0.2, 0.25) is 5.88 Å². The van der Waals surface area contributed by atoms with Crippen molar-refractivity contribution in [3.05, 3.63) is 17.8 Å². The highest BCUT2D eigenvalue weighted by Gasteiger charge is 2.33. The van der Waals surface area contributed by atoms with Gasteiger partial charge < -0.3 is 14.8 Å². The summed E-state index contributed by atoms with van der Waals surface area (Å²) in [5, 5.41) is 2.95. The molecule has 5 heteroatoms. The van der Waals surface area contributed by atoms with E-state index in [-0.39, 0.29) is 5.91 Å². The molecule has 0 fully saturated rings. The summed E-state index contributed by atoms with van der Waals surface area (Å²) in [4.78, 5) is 17.1. The standard InChI is InChI=1S/C20H34N2O3/c1-6-9-11-20(5,25-12-8-3)19(23)22-17-14-16(4)18(21-15-17)24-13-10-7-2/h14-15H,6-13H2,1-5H3,(H,22,23)/t20-/m0/s1. The molecule has 0 aliphatic rings. The molecule has 1 aromatic rings. The maximum atomic E-state index is 12.8. The van der Waals surface area contributed by atoms with Crippen LogP contribution in [0.15, 0.2) is 12.3 Å². The van der Waals surface area contributed by atoms with Crippen molar-refractivity contribution in [1.29, 1.82) is 0 Å². The number of ether oxygens (including phenoxy) is 2. The van der Waals surface area contributed by atoms with Gasteiger partial charge in [0, 0.05) is 12.2 Å². The molecule has 0 aliphatic carbocycles. The number of hydrogen-bond acceptors (Lipinski definition) is 4. The van der Waals surface area contributed by atoms with Gasteiger partial charge in [0.15, 0.2) is 0 Å². The van der Waals surface area contributed by atoms with E-state index in [2.05, 4.69) is 24.1 Å². The minimum atomic E-state index is -0.809. The van der Waals surface area contributed by atoms with E-state index < -0.39 is 5.60 Å². The number of nitrogens with zero attached hydrogens (tertiary/aromatic N) is 1. The number of aryl methyl sites for hydroxylation is 1. The number of aromatic nitrogens is 1. The monoisotopic (exact) mass is 350 g/mol. The average Bonchev–Trinajstić information content (AvgIpc) is 2.60. The van der Waals surface area contributed by atoms with E-state index >= 15 is 0 Å². The minimum absolute atomic E-state index is 0.116. The summed E-state index contributed by atoms with van der Waals surface area (Å²) in [5.41, 5.74) is 0.780. The highest BCUT2D eigenvalue weighted by molar-refractivity contribution is 5.97. The summed E-state index contributed by atoms with van der Waals surface area (Å²) in [7, 11) is 0. The van der Waals surface area contributed by atoms with Crippen LogP contribution in [0.2, 0.25) is 0 Å². The number of amides is 1. The summed E-state index contributed by atoms with van der Waals surface area (Å²) in [6.07, 6.45) is 7.31. The van der Waals surface area contributed by atoms with Gasteiger partial charge in [0.1, 0.15) is 5.60 Å². The van der Waals surface area contributed by atoms with Crippen LogP contribution in [-0.4, -0.2) is 29.7 Å². The Balaban J connectivity index is 2.76. The predicted octanol–water partition coefficient (Wildman–Crippen LogP) is 4.88. The lowest BCUT2D eigenvalue weighted by atomic mass is 9.97. The average molecular weight is 351 g/mol. The highest BCUT2D eigenvalue weighted by atomic mass is 16.5. The van der Waals surface area contributed by atoms with E-state index in [9.17, 15) is 4.79 Å². The van der Waals surface area contributed by atoms with Crippen LogP contribution in [0.25, 0.3) is 0 Å². The third-order valence-corrected chi connectivity index (χ3v) is 4.14. The number of carbonyl (C=O) groups is 1. The summed E-state index contributed by atoms with van der Waals surface area (Å²) >= 11 is 0. The number of unbranched alkanes of at least 4 members (excludes halogenated alkanes) is 2. The molecule has 25 heavy (non-hydrogen) atoms. The molecular formula is C20H34N2O3. The van der Waals surface area contributed by atoms with E-state index in [1.54, 1.807) is 6.20 Å². The third-order valence-electron chi connectivity index (χ3n) is 4.14. The first-order valence-corrected chi connectivity index (χ1v) is 9.51. The second-order valence-electron chi connectivity index (χ2n) is 6.69. The fraction of sp³-hybridized carbons (Fsp3) is 0.700. The van der Waals surface area contributed by atoms with Gasteiger partial charge in [-0.05, 0) is 39.2 Å². The normalized spacial score (nSPS) is 13.3. The Morgan fingerprint density at radius 1 is 1.16 bits per heavy atom. The number of rotatable bonds is 12. The molecule has 1 N–H and O–H groups in total. The van der Waals surface area contributed by atoms with Crippen LogP contribution in [0.4, 0.5) is 5.69 Å². The maximum Gasteiger partial charge on any atom is 0.256 e. The molecule has 1 amide bonds. The zero-order valence-corrected chi connectivity index (χ0v) is 16.5. The Labute approximate surface area is 152 Å². The number of pyridine rings is 1. The predicted molar refractivity (Wildman–Crippen MR) is 102 cm³/mol. The largest absolute Gasteiger partial charge is 0.477 e. The van der Waals surface area contributed by atoms with Gasteiger partial charge in [-0.1, -0.05) is 40.0 Å². The van der Waals surface area contributed by atoms with Gasteiger partial charge in [-0.25, -0.2) is 4.98 Å². The van der Waals surface area contributed by atoms with Crippen molar-refractivity contribution in [3.63, 3.8) is 0 Å². The van der Waals surface area contributed by atoms with Gasteiger partial charge in [0.25, 0.3) is 5.91 Å². The van der Waals surface area contributed by atoms with Crippen molar-refractivity contribution in [3.8, 4) is 5.88 Å². The zero-order valence-electron chi connectivity index (χ0n) is 16.5. The molecule has 0 radical (unpaired) electrons. The first-order valence-electron chi connectivity index (χ1n) is 9.51. The molecule has 0 saturated heterocycles. The lowest BCUT2D eigenvalue weighted by Crippen LogP contribution is -2.43. The van der Waals surface area contributed by atoms with Crippen LogP contribution in [0.5, 0.6) is 5.88 Å². The Morgan fingerprint density at radius 2 is 1.88 bits per heavy atom. The molecule has 1 heterocycles. The van der Waals surface area contributed by atoms with Crippen molar-refractivity contribution in [2.75, 3.05) is 18.5 Å². The molecule has 0 saturated carbocycles. The van der Waals surface area contributed by atoms with Gasteiger partial charge in [0.05, 0.1) is 18.5 Å². The van der Waals surface area contributed by atoms with Crippen molar-refractivity contribution in [2.24, 2.45) is 0 Å². The topological polar surface area (TPSA) is 60.5 Å². The van der Waals surface area contributed by atoms with E-state index in [4.69, 9.17) is 9.47 Å². The summed E-state index contributed by atoms with van der Waals surface area (Å²) in [6.45, 7) is 11.3. The molecule has 0 unspecified atom stereocenters. The summed E-state index contributed by atoms with van der Waals surface area (Å²) in [5.74, 6) is 0.512. The molecule has 1 rings (SSSR count). The van der Waals surface area contributed by atoms with Crippen molar-refractivity contribution in [1.82, 2.24) is 4.98 Å². The summed E-state index contributed by atoms with van der Waals surface area (Å²) in [6, 6.07) is 1.90. The fourth-order valence-corrected chi connectivity index (χ4v) is 2.45. The van der Waals surface area contributed by atoms with Gasteiger partial charge in [-0.3, -0.25) is 4.79 Å². The Kier molecular flexibility index (Phi) is 9.50. The molecule has 142 valence electrons. The van der Waals surface area contributed by atoms with E-state index in [0.29, 0.717) is 31.2 Å². The zero-order chi connectivity index (χ0) is 18.7. The second-order valence-corrected chi connectivity index (χ2v) is 6.69. The molecule has 1 aromatic heterocycles. The molecule has 5 nitrogen and oxygen atoms in total. The van der Waals surface area contributed by atoms with Crippen molar-refractivity contribution in [2.45, 2.75) is 78.7 Å². The van der Waals surface area contributed by atoms with Gasteiger partial charge in [-0.2, -0.15) is 0 Å². The Morgan fingerprint density at radius 3 is 2.48 bits per heavy atom. The van der Waals surface area contributed by atoms with E-state index in [0.717, 1.165) is 37.7 Å². The first-order chi connectivity index (χ1) is 12.0.